The number of rotatable bonds is 3. The molecule has 3 aromatic rings. The van der Waals surface area contributed by atoms with Crippen LogP contribution in [0.2, 0.25) is 5.02 Å². The fourth-order valence-corrected chi connectivity index (χ4v) is 5.62. The Labute approximate surface area is 187 Å². The van der Waals surface area contributed by atoms with Crippen LogP contribution >= 0.6 is 11.6 Å². The van der Waals surface area contributed by atoms with Crippen LogP contribution in [0, 0.1) is 5.92 Å². The highest BCUT2D eigenvalue weighted by molar-refractivity contribution is 6.30. The summed E-state index contributed by atoms with van der Waals surface area (Å²) < 4.78 is 5.68. The molecule has 0 N–H and O–H groups in total. The van der Waals surface area contributed by atoms with Crippen molar-refractivity contribution < 1.29 is 9.57 Å². The van der Waals surface area contributed by atoms with Crippen LogP contribution in [0.1, 0.15) is 28.2 Å². The zero-order valence-corrected chi connectivity index (χ0v) is 17.8. The van der Waals surface area contributed by atoms with E-state index >= 15 is 0 Å². The number of halogens is 1. The number of ether oxygens (including phenoxy) is 1. The molecular formula is C26H23ClN2O2. The Balaban J connectivity index is 1.57. The molecule has 1 fully saturated rings. The Kier molecular flexibility index (Phi) is 4.60. The zero-order chi connectivity index (χ0) is 20.8. The number of oxime groups is 1. The molecule has 0 unspecified atom stereocenters. The highest BCUT2D eigenvalue weighted by Gasteiger charge is 2.63. The highest BCUT2D eigenvalue weighted by Crippen LogP contribution is 2.59. The van der Waals surface area contributed by atoms with Crippen LogP contribution in [0.4, 0.5) is 0 Å². The van der Waals surface area contributed by atoms with Crippen LogP contribution in [0.15, 0.2) is 84.0 Å². The van der Waals surface area contributed by atoms with Crippen molar-refractivity contribution in [2.45, 2.75) is 11.6 Å². The van der Waals surface area contributed by atoms with Crippen molar-refractivity contribution in [3.63, 3.8) is 0 Å². The number of hydrogen-bond donors (Lipinski definition) is 0. The number of fused-ring (bicyclic) bond motifs is 3. The molecule has 2 aliphatic heterocycles. The first-order chi connectivity index (χ1) is 15.3. The summed E-state index contributed by atoms with van der Waals surface area (Å²) in [6, 6.07) is 27.4. The third-order valence-corrected chi connectivity index (χ3v) is 7.05. The summed E-state index contributed by atoms with van der Waals surface area (Å²) in [5, 5.41) is 5.45. The standard InChI is InChI=1S/C26H23ClN2O2/c27-20-12-10-19(11-13-20)25-24-23(18-6-2-1-3-7-18)21-8-4-5-9-22(21)26(24,31-28-25)29-14-16-30-17-15-29/h1-13,23-24H,14-17H2/t23-,24-,26-/m0/s1. The Morgan fingerprint density at radius 1 is 0.871 bits per heavy atom. The molecule has 5 heteroatoms. The summed E-state index contributed by atoms with van der Waals surface area (Å²) >= 11 is 6.18. The van der Waals surface area contributed by atoms with Gasteiger partial charge in [-0.1, -0.05) is 83.5 Å². The van der Waals surface area contributed by atoms with Gasteiger partial charge in [-0.25, -0.2) is 0 Å². The second-order valence-electron chi connectivity index (χ2n) is 8.32. The van der Waals surface area contributed by atoms with Crippen molar-refractivity contribution in [2.24, 2.45) is 11.1 Å². The molecule has 3 aromatic carbocycles. The smallest absolute Gasteiger partial charge is 0.226 e. The van der Waals surface area contributed by atoms with Gasteiger partial charge in [0, 0.05) is 29.6 Å². The predicted octanol–water partition coefficient (Wildman–Crippen LogP) is 5.02. The summed E-state index contributed by atoms with van der Waals surface area (Å²) in [5.41, 5.74) is 5.21. The molecule has 0 radical (unpaired) electrons. The second-order valence-corrected chi connectivity index (χ2v) is 8.76. The molecule has 1 aliphatic carbocycles. The molecule has 0 saturated carbocycles. The summed E-state index contributed by atoms with van der Waals surface area (Å²) in [5.74, 6) is 0.184. The van der Waals surface area contributed by atoms with E-state index in [1.54, 1.807) is 0 Å². The molecule has 0 aromatic heterocycles. The van der Waals surface area contributed by atoms with Crippen molar-refractivity contribution in [3.8, 4) is 0 Å². The fourth-order valence-electron chi connectivity index (χ4n) is 5.50. The molecule has 0 amide bonds. The summed E-state index contributed by atoms with van der Waals surface area (Å²) in [6.45, 7) is 3.03. The highest BCUT2D eigenvalue weighted by atomic mass is 35.5. The third-order valence-electron chi connectivity index (χ3n) is 6.79. The van der Waals surface area contributed by atoms with E-state index in [1.165, 1.54) is 16.7 Å². The van der Waals surface area contributed by atoms with Crippen LogP contribution in [0.3, 0.4) is 0 Å². The Bertz CT molecular complexity index is 1130. The number of benzene rings is 3. The molecule has 31 heavy (non-hydrogen) atoms. The minimum absolute atomic E-state index is 0.0339. The summed E-state index contributed by atoms with van der Waals surface area (Å²) in [7, 11) is 0. The van der Waals surface area contributed by atoms with Gasteiger partial charge in [0.05, 0.1) is 24.8 Å². The van der Waals surface area contributed by atoms with E-state index in [-0.39, 0.29) is 11.8 Å². The van der Waals surface area contributed by atoms with E-state index in [1.807, 2.05) is 24.3 Å². The Morgan fingerprint density at radius 3 is 2.35 bits per heavy atom. The lowest BCUT2D eigenvalue weighted by molar-refractivity contribution is -0.185. The average molecular weight is 431 g/mol. The van der Waals surface area contributed by atoms with Crippen LogP contribution in [-0.2, 0) is 15.3 Å². The minimum atomic E-state index is -0.629. The predicted molar refractivity (Wildman–Crippen MR) is 121 cm³/mol. The fraction of sp³-hybridized carbons (Fsp3) is 0.269. The minimum Gasteiger partial charge on any atom is -0.379 e. The van der Waals surface area contributed by atoms with E-state index in [0.29, 0.717) is 13.2 Å². The monoisotopic (exact) mass is 430 g/mol. The van der Waals surface area contributed by atoms with Gasteiger partial charge in [0.25, 0.3) is 0 Å². The van der Waals surface area contributed by atoms with Crippen LogP contribution < -0.4 is 0 Å². The number of nitrogens with zero attached hydrogens (tertiary/aromatic N) is 2. The zero-order valence-electron chi connectivity index (χ0n) is 17.1. The van der Waals surface area contributed by atoms with Crippen LogP contribution in [0.5, 0.6) is 0 Å². The van der Waals surface area contributed by atoms with Gasteiger partial charge in [-0.2, -0.15) is 0 Å². The van der Waals surface area contributed by atoms with Gasteiger partial charge < -0.3 is 9.57 Å². The Hall–Kier alpha value is -2.66. The largest absolute Gasteiger partial charge is 0.379 e. The first-order valence-corrected chi connectivity index (χ1v) is 11.2. The lowest BCUT2D eigenvalue weighted by Crippen LogP contribution is -2.54. The van der Waals surface area contributed by atoms with Crippen molar-refractivity contribution in [3.05, 3.63) is 106 Å². The van der Waals surface area contributed by atoms with E-state index in [0.717, 1.165) is 29.4 Å². The van der Waals surface area contributed by atoms with Crippen LogP contribution in [0.25, 0.3) is 0 Å². The third kappa shape index (κ3) is 2.86. The van der Waals surface area contributed by atoms with E-state index in [9.17, 15) is 0 Å². The quantitative estimate of drug-likeness (QED) is 0.585. The summed E-state index contributed by atoms with van der Waals surface area (Å²) in [4.78, 5) is 8.93. The maximum atomic E-state index is 6.50. The summed E-state index contributed by atoms with van der Waals surface area (Å²) in [6.07, 6.45) is 0. The van der Waals surface area contributed by atoms with E-state index in [4.69, 9.17) is 26.3 Å². The van der Waals surface area contributed by atoms with Gasteiger partial charge in [-0.3, -0.25) is 4.90 Å². The Morgan fingerprint density at radius 2 is 1.58 bits per heavy atom. The SMILES string of the molecule is Clc1ccc(C2=NO[C@@]3(N4CCOCC4)c4ccccc4[C@H](c4ccccc4)[C@@H]23)cc1. The normalized spacial score (nSPS) is 27.3. The molecule has 4 nitrogen and oxygen atoms in total. The molecule has 3 aliphatic rings. The topological polar surface area (TPSA) is 34.1 Å². The maximum absolute atomic E-state index is 6.50. The van der Waals surface area contributed by atoms with Gasteiger partial charge in [0.1, 0.15) is 0 Å². The molecule has 1 saturated heterocycles. The van der Waals surface area contributed by atoms with Crippen molar-refractivity contribution >= 4 is 17.3 Å². The first-order valence-electron chi connectivity index (χ1n) is 10.8. The van der Waals surface area contributed by atoms with Gasteiger partial charge in [-0.05, 0) is 28.8 Å². The number of morpholine rings is 1. The number of hydrogen-bond acceptors (Lipinski definition) is 4. The average Bonchev–Trinajstić information content (AvgIpc) is 3.35. The second kappa shape index (κ2) is 7.49. The van der Waals surface area contributed by atoms with Crippen molar-refractivity contribution in [1.29, 1.82) is 0 Å². The van der Waals surface area contributed by atoms with E-state index < -0.39 is 5.72 Å². The van der Waals surface area contributed by atoms with Gasteiger partial charge in [-0.15, -0.1) is 0 Å². The molecule has 0 bridgehead atoms. The van der Waals surface area contributed by atoms with Gasteiger partial charge in [0.2, 0.25) is 5.72 Å². The first kappa shape index (κ1) is 19.1. The molecule has 0 spiro atoms. The molecule has 2 heterocycles. The molecule has 6 rings (SSSR count). The van der Waals surface area contributed by atoms with E-state index in [2.05, 4.69) is 59.5 Å². The maximum Gasteiger partial charge on any atom is 0.226 e. The molecular weight excluding hydrogens is 408 g/mol. The lowest BCUT2D eigenvalue weighted by atomic mass is 9.78. The van der Waals surface area contributed by atoms with Crippen LogP contribution in [-0.4, -0.2) is 36.9 Å². The van der Waals surface area contributed by atoms with Crippen molar-refractivity contribution in [2.75, 3.05) is 26.3 Å². The lowest BCUT2D eigenvalue weighted by Gasteiger charge is -2.42. The van der Waals surface area contributed by atoms with Gasteiger partial charge in [0.15, 0.2) is 0 Å². The molecule has 3 atom stereocenters. The van der Waals surface area contributed by atoms with Gasteiger partial charge >= 0.3 is 0 Å². The molecule has 156 valence electrons. The van der Waals surface area contributed by atoms with Crippen molar-refractivity contribution in [1.82, 2.24) is 4.90 Å².